The number of ether oxygens (including phenoxy) is 1. The molecule has 0 aliphatic heterocycles. The minimum absolute atomic E-state index is 0.0313. The molecule has 108 valence electrons. The van der Waals surface area contributed by atoms with Gasteiger partial charge in [-0.2, -0.15) is 0 Å². The Morgan fingerprint density at radius 1 is 1.35 bits per heavy atom. The van der Waals surface area contributed by atoms with Gasteiger partial charge in [-0.25, -0.2) is 0 Å². The van der Waals surface area contributed by atoms with E-state index in [2.05, 4.69) is 12.2 Å². The van der Waals surface area contributed by atoms with Gasteiger partial charge in [-0.1, -0.05) is 6.92 Å². The number of hydrogen-bond acceptors (Lipinski definition) is 2. The summed E-state index contributed by atoms with van der Waals surface area (Å²) in [6, 6.07) is 8.15. The van der Waals surface area contributed by atoms with Crippen molar-refractivity contribution in [2.75, 3.05) is 6.61 Å². The van der Waals surface area contributed by atoms with E-state index in [1.165, 1.54) is 0 Å². The standard InChI is InChI=1S/C16H22N2O2/c1-4-9-20-14-5-6-15-13(10-14)7-8-18(15)11-16(19)17-12(2)3/h5-8,10,12H,4,9,11H2,1-3H3,(H,17,19). The first kappa shape index (κ1) is 14.4. The van der Waals surface area contributed by atoms with Crippen LogP contribution in [0.2, 0.25) is 0 Å². The summed E-state index contributed by atoms with van der Waals surface area (Å²) in [6.07, 6.45) is 2.93. The molecule has 1 aromatic heterocycles. The van der Waals surface area contributed by atoms with E-state index in [0.29, 0.717) is 6.54 Å². The second-order valence-electron chi connectivity index (χ2n) is 5.23. The Bertz CT molecular complexity index is 587. The average Bonchev–Trinajstić information content (AvgIpc) is 2.78. The van der Waals surface area contributed by atoms with Gasteiger partial charge in [0.25, 0.3) is 0 Å². The Balaban J connectivity index is 2.14. The molecular formula is C16H22N2O2. The molecule has 2 aromatic rings. The predicted octanol–water partition coefficient (Wildman–Crippen LogP) is 2.95. The van der Waals surface area contributed by atoms with E-state index in [1.54, 1.807) is 0 Å². The van der Waals surface area contributed by atoms with Crippen LogP contribution in [0.15, 0.2) is 30.5 Å². The van der Waals surface area contributed by atoms with Gasteiger partial charge in [0.1, 0.15) is 12.3 Å². The topological polar surface area (TPSA) is 43.3 Å². The van der Waals surface area contributed by atoms with Gasteiger partial charge < -0.3 is 14.6 Å². The predicted molar refractivity (Wildman–Crippen MR) is 81.0 cm³/mol. The number of benzene rings is 1. The lowest BCUT2D eigenvalue weighted by atomic mass is 10.2. The fraction of sp³-hybridized carbons (Fsp3) is 0.438. The van der Waals surface area contributed by atoms with Crippen LogP contribution >= 0.6 is 0 Å². The molecular weight excluding hydrogens is 252 g/mol. The van der Waals surface area contributed by atoms with Gasteiger partial charge in [0.15, 0.2) is 0 Å². The maximum Gasteiger partial charge on any atom is 0.240 e. The minimum atomic E-state index is 0.0313. The first-order valence-corrected chi connectivity index (χ1v) is 7.11. The van der Waals surface area contributed by atoms with Crippen molar-refractivity contribution >= 4 is 16.8 Å². The van der Waals surface area contributed by atoms with Gasteiger partial charge in [0.05, 0.1) is 6.61 Å². The zero-order chi connectivity index (χ0) is 14.5. The molecule has 1 N–H and O–H groups in total. The van der Waals surface area contributed by atoms with Crippen molar-refractivity contribution in [3.8, 4) is 5.75 Å². The molecule has 1 heterocycles. The van der Waals surface area contributed by atoms with Crippen molar-refractivity contribution in [3.05, 3.63) is 30.5 Å². The molecule has 4 heteroatoms. The Morgan fingerprint density at radius 3 is 2.85 bits per heavy atom. The van der Waals surface area contributed by atoms with E-state index in [9.17, 15) is 4.79 Å². The summed E-state index contributed by atoms with van der Waals surface area (Å²) >= 11 is 0. The van der Waals surface area contributed by atoms with Crippen LogP contribution in [0.1, 0.15) is 27.2 Å². The summed E-state index contributed by atoms with van der Waals surface area (Å²) < 4.78 is 7.57. The smallest absolute Gasteiger partial charge is 0.240 e. The number of amides is 1. The Labute approximate surface area is 119 Å². The number of fused-ring (bicyclic) bond motifs is 1. The van der Waals surface area contributed by atoms with Crippen molar-refractivity contribution in [2.24, 2.45) is 0 Å². The Hall–Kier alpha value is -1.97. The fourth-order valence-electron chi connectivity index (χ4n) is 2.15. The van der Waals surface area contributed by atoms with E-state index in [0.717, 1.165) is 29.7 Å². The molecule has 1 amide bonds. The summed E-state index contributed by atoms with van der Waals surface area (Å²) in [5.74, 6) is 0.910. The van der Waals surface area contributed by atoms with Crippen molar-refractivity contribution in [1.82, 2.24) is 9.88 Å². The highest BCUT2D eigenvalue weighted by molar-refractivity contribution is 5.84. The lowest BCUT2D eigenvalue weighted by Crippen LogP contribution is -2.32. The third-order valence-electron chi connectivity index (χ3n) is 2.98. The first-order valence-electron chi connectivity index (χ1n) is 7.11. The van der Waals surface area contributed by atoms with Gasteiger partial charge in [-0.05, 0) is 44.5 Å². The van der Waals surface area contributed by atoms with Crippen LogP contribution in [0.5, 0.6) is 5.75 Å². The van der Waals surface area contributed by atoms with Crippen LogP contribution in [-0.4, -0.2) is 23.1 Å². The zero-order valence-electron chi connectivity index (χ0n) is 12.3. The van der Waals surface area contributed by atoms with E-state index in [4.69, 9.17) is 4.74 Å². The van der Waals surface area contributed by atoms with E-state index >= 15 is 0 Å². The fourth-order valence-corrected chi connectivity index (χ4v) is 2.15. The normalized spacial score (nSPS) is 11.0. The summed E-state index contributed by atoms with van der Waals surface area (Å²) in [5.41, 5.74) is 1.05. The van der Waals surface area contributed by atoms with Gasteiger partial charge >= 0.3 is 0 Å². The SMILES string of the molecule is CCCOc1ccc2c(ccn2CC(=O)NC(C)C)c1. The van der Waals surface area contributed by atoms with Crippen LogP contribution in [0.4, 0.5) is 0 Å². The van der Waals surface area contributed by atoms with Crippen LogP contribution in [0.25, 0.3) is 10.9 Å². The minimum Gasteiger partial charge on any atom is -0.494 e. The highest BCUT2D eigenvalue weighted by atomic mass is 16.5. The highest BCUT2D eigenvalue weighted by Gasteiger charge is 2.08. The maximum absolute atomic E-state index is 11.8. The van der Waals surface area contributed by atoms with E-state index in [-0.39, 0.29) is 11.9 Å². The molecule has 4 nitrogen and oxygen atoms in total. The van der Waals surface area contributed by atoms with Crippen LogP contribution in [0.3, 0.4) is 0 Å². The van der Waals surface area contributed by atoms with Gasteiger partial charge in [-0.15, -0.1) is 0 Å². The van der Waals surface area contributed by atoms with E-state index < -0.39 is 0 Å². The second-order valence-corrected chi connectivity index (χ2v) is 5.23. The number of hydrogen-bond donors (Lipinski definition) is 1. The number of nitrogens with zero attached hydrogens (tertiary/aromatic N) is 1. The average molecular weight is 274 g/mol. The Kier molecular flexibility index (Phi) is 4.66. The first-order chi connectivity index (χ1) is 9.60. The molecule has 0 atom stereocenters. The van der Waals surface area contributed by atoms with Crippen LogP contribution in [-0.2, 0) is 11.3 Å². The molecule has 0 bridgehead atoms. The van der Waals surface area contributed by atoms with Crippen molar-refractivity contribution < 1.29 is 9.53 Å². The molecule has 2 rings (SSSR count). The van der Waals surface area contributed by atoms with E-state index in [1.807, 2.05) is 48.9 Å². The highest BCUT2D eigenvalue weighted by Crippen LogP contribution is 2.22. The monoisotopic (exact) mass is 274 g/mol. The number of nitrogens with one attached hydrogen (secondary N) is 1. The number of aromatic nitrogens is 1. The summed E-state index contributed by atoms with van der Waals surface area (Å²) in [4.78, 5) is 11.8. The Morgan fingerprint density at radius 2 is 2.15 bits per heavy atom. The largest absolute Gasteiger partial charge is 0.494 e. The van der Waals surface area contributed by atoms with Gasteiger partial charge in [-0.3, -0.25) is 4.79 Å². The number of rotatable bonds is 6. The molecule has 20 heavy (non-hydrogen) atoms. The summed E-state index contributed by atoms with van der Waals surface area (Å²) in [6.45, 7) is 7.08. The number of carbonyl (C=O) groups is 1. The molecule has 0 saturated carbocycles. The van der Waals surface area contributed by atoms with Crippen LogP contribution in [0, 0.1) is 0 Å². The van der Waals surface area contributed by atoms with Gasteiger partial charge in [0.2, 0.25) is 5.91 Å². The van der Waals surface area contributed by atoms with Crippen molar-refractivity contribution in [1.29, 1.82) is 0 Å². The molecule has 0 spiro atoms. The molecule has 0 saturated heterocycles. The molecule has 0 unspecified atom stereocenters. The van der Waals surface area contributed by atoms with Crippen molar-refractivity contribution in [3.63, 3.8) is 0 Å². The summed E-state index contributed by atoms with van der Waals surface area (Å²) in [5, 5.41) is 3.99. The lowest BCUT2D eigenvalue weighted by molar-refractivity contribution is -0.122. The van der Waals surface area contributed by atoms with Gasteiger partial charge in [0, 0.05) is 23.1 Å². The molecule has 0 radical (unpaired) electrons. The third kappa shape index (κ3) is 3.53. The molecule has 0 aliphatic rings. The third-order valence-corrected chi connectivity index (χ3v) is 2.98. The van der Waals surface area contributed by atoms with Crippen LogP contribution < -0.4 is 10.1 Å². The quantitative estimate of drug-likeness (QED) is 0.880. The maximum atomic E-state index is 11.8. The molecule has 1 aromatic carbocycles. The molecule has 0 aliphatic carbocycles. The second kappa shape index (κ2) is 6.46. The molecule has 0 fully saturated rings. The zero-order valence-corrected chi connectivity index (χ0v) is 12.3. The van der Waals surface area contributed by atoms with Crippen molar-refractivity contribution in [2.45, 2.75) is 39.8 Å². The summed E-state index contributed by atoms with van der Waals surface area (Å²) in [7, 11) is 0. The lowest BCUT2D eigenvalue weighted by Gasteiger charge is -2.10. The number of carbonyl (C=O) groups excluding carboxylic acids is 1.